The molecule has 8 nitrogen and oxygen atoms in total. The van der Waals surface area contributed by atoms with Crippen molar-refractivity contribution in [1.29, 1.82) is 5.26 Å². The maximum atomic E-state index is 12.7. The maximum Gasteiger partial charge on any atom is 0.264 e. The molecule has 3 rings (SSSR count). The lowest BCUT2D eigenvalue weighted by Gasteiger charge is -2.15. The average molecular weight is 364 g/mol. The van der Waals surface area contributed by atoms with E-state index in [9.17, 15) is 9.59 Å². The van der Waals surface area contributed by atoms with Crippen molar-refractivity contribution in [2.45, 2.75) is 26.3 Å². The Bertz CT molecular complexity index is 1060. The van der Waals surface area contributed by atoms with Gasteiger partial charge in [0.2, 0.25) is 5.91 Å². The van der Waals surface area contributed by atoms with Gasteiger partial charge in [-0.2, -0.15) is 10.4 Å². The third-order valence-corrected chi connectivity index (χ3v) is 4.38. The second kappa shape index (κ2) is 7.83. The Morgan fingerprint density at radius 2 is 2.04 bits per heavy atom. The zero-order valence-corrected chi connectivity index (χ0v) is 15.3. The molecule has 0 aliphatic heterocycles. The van der Waals surface area contributed by atoms with Crippen molar-refractivity contribution in [3.8, 4) is 11.8 Å². The number of aromatic nitrogens is 4. The minimum Gasteiger partial charge on any atom is -0.345 e. The fraction of sp³-hybridized carbons (Fsp3) is 0.316. The molecule has 27 heavy (non-hydrogen) atoms. The lowest BCUT2D eigenvalue weighted by molar-refractivity contribution is -0.130. The summed E-state index contributed by atoms with van der Waals surface area (Å²) in [5, 5.41) is 13.3. The van der Waals surface area contributed by atoms with E-state index < -0.39 is 0 Å². The van der Waals surface area contributed by atoms with E-state index in [1.807, 2.05) is 37.3 Å². The summed E-state index contributed by atoms with van der Waals surface area (Å²) in [5.74, 6) is -0.118. The predicted molar refractivity (Wildman–Crippen MR) is 100 cm³/mol. The van der Waals surface area contributed by atoms with Crippen LogP contribution in [0.25, 0.3) is 16.7 Å². The number of aryl methyl sites for hydroxylation is 2. The Kier molecular flexibility index (Phi) is 5.31. The smallest absolute Gasteiger partial charge is 0.264 e. The summed E-state index contributed by atoms with van der Waals surface area (Å²) in [5.41, 5.74) is 2.22. The molecule has 2 heterocycles. The SMILES string of the molecule is Cc1ccc(-n2ncc3c(=O)n(CCC(=O)N(C)CCC#N)cnc32)cc1. The number of benzene rings is 1. The first-order valence-electron chi connectivity index (χ1n) is 8.62. The van der Waals surface area contributed by atoms with Crippen LogP contribution in [0.5, 0.6) is 0 Å². The van der Waals surface area contributed by atoms with Gasteiger partial charge in [0.05, 0.1) is 30.7 Å². The number of amides is 1. The first-order valence-corrected chi connectivity index (χ1v) is 8.62. The van der Waals surface area contributed by atoms with Crippen LogP contribution < -0.4 is 5.56 Å². The molecular weight excluding hydrogens is 344 g/mol. The number of nitriles is 1. The molecule has 0 aliphatic carbocycles. The third kappa shape index (κ3) is 3.87. The van der Waals surface area contributed by atoms with Gasteiger partial charge >= 0.3 is 0 Å². The molecule has 138 valence electrons. The Labute approximate surface area is 156 Å². The lowest BCUT2D eigenvalue weighted by Crippen LogP contribution is -2.30. The topological polar surface area (TPSA) is 96.8 Å². The molecule has 0 atom stereocenters. The van der Waals surface area contributed by atoms with E-state index in [1.54, 1.807) is 11.7 Å². The molecule has 0 spiro atoms. The van der Waals surface area contributed by atoms with Gasteiger partial charge in [0, 0.05) is 26.6 Å². The molecule has 8 heteroatoms. The molecule has 0 fully saturated rings. The predicted octanol–water partition coefficient (Wildman–Crippen LogP) is 1.65. The highest BCUT2D eigenvalue weighted by molar-refractivity contribution is 5.76. The van der Waals surface area contributed by atoms with E-state index >= 15 is 0 Å². The highest BCUT2D eigenvalue weighted by Crippen LogP contribution is 2.14. The number of rotatable bonds is 6. The van der Waals surface area contributed by atoms with Crippen LogP contribution in [0.4, 0.5) is 0 Å². The van der Waals surface area contributed by atoms with Crippen LogP contribution in [0.15, 0.2) is 41.6 Å². The van der Waals surface area contributed by atoms with Gasteiger partial charge in [0.15, 0.2) is 5.65 Å². The van der Waals surface area contributed by atoms with Crippen molar-refractivity contribution >= 4 is 16.9 Å². The second-order valence-corrected chi connectivity index (χ2v) is 6.35. The van der Waals surface area contributed by atoms with Crippen LogP contribution in [-0.2, 0) is 11.3 Å². The van der Waals surface area contributed by atoms with Gasteiger partial charge < -0.3 is 4.90 Å². The van der Waals surface area contributed by atoms with Gasteiger partial charge in [0.25, 0.3) is 5.56 Å². The Balaban J connectivity index is 1.80. The summed E-state index contributed by atoms with van der Waals surface area (Å²) in [6.45, 7) is 2.61. The number of carbonyl (C=O) groups is 1. The van der Waals surface area contributed by atoms with Crippen LogP contribution in [0.3, 0.4) is 0 Å². The molecule has 0 aliphatic rings. The van der Waals surface area contributed by atoms with Crippen molar-refractivity contribution in [1.82, 2.24) is 24.2 Å². The van der Waals surface area contributed by atoms with Gasteiger partial charge in [-0.15, -0.1) is 0 Å². The first-order chi connectivity index (χ1) is 13.0. The van der Waals surface area contributed by atoms with E-state index in [2.05, 4.69) is 10.1 Å². The average Bonchev–Trinajstić information content (AvgIpc) is 3.10. The zero-order chi connectivity index (χ0) is 19.4. The Morgan fingerprint density at radius 1 is 1.30 bits per heavy atom. The van der Waals surface area contributed by atoms with Crippen LogP contribution in [0, 0.1) is 18.3 Å². The summed E-state index contributed by atoms with van der Waals surface area (Å²) >= 11 is 0. The quantitative estimate of drug-likeness (QED) is 0.662. The highest BCUT2D eigenvalue weighted by Gasteiger charge is 2.13. The first kappa shape index (κ1) is 18.3. The van der Waals surface area contributed by atoms with Crippen LogP contribution in [0.1, 0.15) is 18.4 Å². The molecule has 0 bridgehead atoms. The minimum atomic E-state index is -0.231. The number of carbonyl (C=O) groups excluding carboxylic acids is 1. The molecule has 0 saturated heterocycles. The summed E-state index contributed by atoms with van der Waals surface area (Å²) in [7, 11) is 1.65. The van der Waals surface area contributed by atoms with E-state index in [0.29, 0.717) is 17.6 Å². The second-order valence-electron chi connectivity index (χ2n) is 6.35. The van der Waals surface area contributed by atoms with Crippen molar-refractivity contribution in [3.63, 3.8) is 0 Å². The Hall–Kier alpha value is -3.47. The maximum absolute atomic E-state index is 12.7. The van der Waals surface area contributed by atoms with Gasteiger partial charge in [-0.3, -0.25) is 14.2 Å². The van der Waals surface area contributed by atoms with Crippen molar-refractivity contribution in [2.24, 2.45) is 0 Å². The highest BCUT2D eigenvalue weighted by atomic mass is 16.2. The summed E-state index contributed by atoms with van der Waals surface area (Å²) in [6.07, 6.45) is 3.40. The molecule has 1 amide bonds. The van der Waals surface area contributed by atoms with Crippen molar-refractivity contribution in [3.05, 3.63) is 52.7 Å². The fourth-order valence-electron chi connectivity index (χ4n) is 2.73. The monoisotopic (exact) mass is 364 g/mol. The van der Waals surface area contributed by atoms with Gasteiger partial charge in [-0.1, -0.05) is 17.7 Å². The number of nitrogens with zero attached hydrogens (tertiary/aromatic N) is 6. The molecule has 1 aromatic carbocycles. The Morgan fingerprint density at radius 3 is 2.74 bits per heavy atom. The number of hydrogen-bond acceptors (Lipinski definition) is 5. The van der Waals surface area contributed by atoms with Crippen LogP contribution in [-0.4, -0.2) is 43.7 Å². The molecule has 0 radical (unpaired) electrons. The van der Waals surface area contributed by atoms with Gasteiger partial charge in [-0.05, 0) is 19.1 Å². The molecular formula is C19H20N6O2. The van der Waals surface area contributed by atoms with Gasteiger partial charge in [-0.25, -0.2) is 9.67 Å². The summed E-state index contributed by atoms with van der Waals surface area (Å²) < 4.78 is 3.04. The third-order valence-electron chi connectivity index (χ3n) is 4.38. The van der Waals surface area contributed by atoms with Crippen LogP contribution in [0.2, 0.25) is 0 Å². The number of hydrogen-bond donors (Lipinski definition) is 0. The standard InChI is InChI=1S/C19H20N6O2/c1-14-4-6-15(7-5-14)25-18-16(12-22-25)19(27)24(13-21-18)11-8-17(26)23(2)10-3-9-20/h4-7,12-13H,3,8,10-11H2,1-2H3. The van der Waals surface area contributed by atoms with Crippen LogP contribution >= 0.6 is 0 Å². The fourth-order valence-corrected chi connectivity index (χ4v) is 2.73. The van der Waals surface area contributed by atoms with Crippen molar-refractivity contribution in [2.75, 3.05) is 13.6 Å². The summed E-state index contributed by atoms with van der Waals surface area (Å²) in [6, 6.07) is 9.79. The normalized spacial score (nSPS) is 10.7. The lowest BCUT2D eigenvalue weighted by atomic mass is 10.2. The van der Waals surface area contributed by atoms with Crippen molar-refractivity contribution < 1.29 is 4.79 Å². The molecule has 0 unspecified atom stereocenters. The molecule has 0 saturated carbocycles. The molecule has 0 N–H and O–H groups in total. The minimum absolute atomic E-state index is 0.118. The van der Waals surface area contributed by atoms with E-state index in [4.69, 9.17) is 5.26 Å². The molecule has 2 aromatic heterocycles. The largest absolute Gasteiger partial charge is 0.345 e. The van der Waals surface area contributed by atoms with E-state index in [-0.39, 0.29) is 30.9 Å². The van der Waals surface area contributed by atoms with Gasteiger partial charge in [0.1, 0.15) is 5.39 Å². The molecule has 3 aromatic rings. The zero-order valence-electron chi connectivity index (χ0n) is 15.3. The number of fused-ring (bicyclic) bond motifs is 1. The van der Waals surface area contributed by atoms with E-state index in [0.717, 1.165) is 11.3 Å². The summed E-state index contributed by atoms with van der Waals surface area (Å²) in [4.78, 5) is 30.6. The van der Waals surface area contributed by atoms with E-state index in [1.165, 1.54) is 22.0 Å².